The third-order valence-corrected chi connectivity index (χ3v) is 6.71. The van der Waals surface area contributed by atoms with E-state index in [1.54, 1.807) is 0 Å². The lowest BCUT2D eigenvalue weighted by Crippen LogP contribution is -2.47. The molecule has 0 atom stereocenters. The van der Waals surface area contributed by atoms with Crippen LogP contribution in [0.25, 0.3) is 11.1 Å². The molecule has 5 rings (SSSR count). The Morgan fingerprint density at radius 3 is 2.10 bits per heavy atom. The highest BCUT2D eigenvalue weighted by Gasteiger charge is 2.31. The summed E-state index contributed by atoms with van der Waals surface area (Å²) in [5, 5.41) is 0. The van der Waals surface area contributed by atoms with Crippen molar-refractivity contribution in [1.82, 2.24) is 19.7 Å². The summed E-state index contributed by atoms with van der Waals surface area (Å²) in [7, 11) is 2.10. The van der Waals surface area contributed by atoms with Gasteiger partial charge in [-0.1, -0.05) is 12.1 Å². The summed E-state index contributed by atoms with van der Waals surface area (Å²) in [4.78, 5) is 26.7. The summed E-state index contributed by atoms with van der Waals surface area (Å²) in [6, 6.07) is 13.1. The van der Waals surface area contributed by atoms with Crippen molar-refractivity contribution in [3.8, 4) is 11.1 Å². The first-order valence-corrected chi connectivity index (χ1v) is 11.2. The number of likely N-dealkylation sites (N-methyl/N-ethyl adjacent to an activating group) is 1. The zero-order valence-corrected chi connectivity index (χ0v) is 17.8. The van der Waals surface area contributed by atoms with E-state index in [1.807, 2.05) is 35.4 Å². The third-order valence-electron chi connectivity index (χ3n) is 6.71. The first kappa shape index (κ1) is 19.5. The molecule has 0 N–H and O–H groups in total. The molecule has 1 aromatic carbocycles. The summed E-state index contributed by atoms with van der Waals surface area (Å²) >= 11 is 0. The first-order valence-electron chi connectivity index (χ1n) is 11.2. The van der Waals surface area contributed by atoms with E-state index in [9.17, 15) is 4.79 Å². The highest BCUT2D eigenvalue weighted by atomic mass is 16.2. The van der Waals surface area contributed by atoms with Crippen LogP contribution in [0.3, 0.4) is 0 Å². The minimum atomic E-state index is 0.133. The fraction of sp³-hybridized carbons (Fsp3) is 0.500. The van der Waals surface area contributed by atoms with Gasteiger partial charge in [-0.3, -0.25) is 9.69 Å². The molecule has 1 amide bonds. The average molecular weight is 406 g/mol. The molecule has 30 heavy (non-hydrogen) atoms. The van der Waals surface area contributed by atoms with Crippen molar-refractivity contribution in [2.75, 3.05) is 64.3 Å². The molecule has 0 bridgehead atoms. The Morgan fingerprint density at radius 2 is 1.50 bits per heavy atom. The number of pyridine rings is 1. The summed E-state index contributed by atoms with van der Waals surface area (Å²) in [6.07, 6.45) is 4.72. The van der Waals surface area contributed by atoms with Crippen LogP contribution in [0.2, 0.25) is 0 Å². The number of carbonyl (C=O) groups excluding carboxylic acids is 1. The molecule has 3 fully saturated rings. The van der Waals surface area contributed by atoms with Crippen LogP contribution in [0, 0.1) is 0 Å². The van der Waals surface area contributed by atoms with Crippen LogP contribution in [-0.4, -0.2) is 91.0 Å². The number of anilines is 1. The smallest absolute Gasteiger partial charge is 0.253 e. The average Bonchev–Trinajstić information content (AvgIpc) is 3.65. The maximum absolute atomic E-state index is 12.7. The van der Waals surface area contributed by atoms with E-state index in [0.717, 1.165) is 80.9 Å². The van der Waals surface area contributed by atoms with Crippen molar-refractivity contribution in [2.24, 2.45) is 0 Å². The van der Waals surface area contributed by atoms with Gasteiger partial charge in [-0.2, -0.15) is 0 Å². The second-order valence-electron chi connectivity index (χ2n) is 8.83. The molecule has 1 saturated carbocycles. The molecule has 6 nitrogen and oxygen atoms in total. The molecule has 2 aliphatic heterocycles. The number of hydrogen-bond acceptors (Lipinski definition) is 5. The molecule has 6 heteroatoms. The fourth-order valence-corrected chi connectivity index (χ4v) is 4.50. The molecule has 3 aliphatic rings. The van der Waals surface area contributed by atoms with Crippen LogP contribution >= 0.6 is 0 Å². The predicted molar refractivity (Wildman–Crippen MR) is 120 cm³/mol. The summed E-state index contributed by atoms with van der Waals surface area (Å²) in [6.45, 7) is 7.91. The van der Waals surface area contributed by atoms with Crippen molar-refractivity contribution in [3.05, 3.63) is 48.2 Å². The first-order chi connectivity index (χ1) is 14.7. The topological polar surface area (TPSA) is 42.9 Å². The zero-order valence-electron chi connectivity index (χ0n) is 17.8. The highest BCUT2D eigenvalue weighted by molar-refractivity contribution is 5.94. The normalized spacial score (nSPS) is 21.1. The van der Waals surface area contributed by atoms with E-state index in [4.69, 9.17) is 4.98 Å². The summed E-state index contributed by atoms with van der Waals surface area (Å²) in [5.74, 6) is 1.20. The standard InChI is InChI=1S/C24H31N5O/c1-26-10-12-29(13-11-26)24(30)20-4-2-19(3-5-20)21-6-9-23(25-18-21)28-16-14-27(15-17-28)22-7-8-22/h2-6,9,18,22H,7-8,10-17H2,1H3. The lowest BCUT2D eigenvalue weighted by atomic mass is 10.0. The second-order valence-corrected chi connectivity index (χ2v) is 8.83. The third kappa shape index (κ3) is 4.20. The van der Waals surface area contributed by atoms with Gasteiger partial charge >= 0.3 is 0 Å². The molecule has 2 aromatic rings. The van der Waals surface area contributed by atoms with Crippen LogP contribution in [-0.2, 0) is 0 Å². The molecular weight excluding hydrogens is 374 g/mol. The van der Waals surface area contributed by atoms with Crippen molar-refractivity contribution in [3.63, 3.8) is 0 Å². The largest absolute Gasteiger partial charge is 0.354 e. The number of carbonyl (C=O) groups is 1. The number of nitrogens with zero attached hydrogens (tertiary/aromatic N) is 5. The van der Waals surface area contributed by atoms with Gasteiger partial charge in [0, 0.05) is 75.7 Å². The molecule has 2 saturated heterocycles. The Labute approximate surface area is 179 Å². The summed E-state index contributed by atoms with van der Waals surface area (Å²) < 4.78 is 0. The number of benzene rings is 1. The minimum Gasteiger partial charge on any atom is -0.354 e. The van der Waals surface area contributed by atoms with Gasteiger partial charge in [0.25, 0.3) is 5.91 Å². The van der Waals surface area contributed by atoms with Gasteiger partial charge in [0.15, 0.2) is 0 Å². The molecule has 3 heterocycles. The maximum Gasteiger partial charge on any atom is 0.253 e. The van der Waals surface area contributed by atoms with Gasteiger partial charge in [0.2, 0.25) is 0 Å². The van der Waals surface area contributed by atoms with Gasteiger partial charge in [-0.15, -0.1) is 0 Å². The number of hydrogen-bond donors (Lipinski definition) is 0. The maximum atomic E-state index is 12.7. The van der Waals surface area contributed by atoms with Crippen LogP contribution < -0.4 is 4.90 Å². The van der Waals surface area contributed by atoms with E-state index in [-0.39, 0.29) is 5.91 Å². The molecule has 0 spiro atoms. The van der Waals surface area contributed by atoms with Crippen LogP contribution in [0.15, 0.2) is 42.6 Å². The SMILES string of the molecule is CN1CCN(C(=O)c2ccc(-c3ccc(N4CCN(C5CC5)CC4)nc3)cc2)CC1. The van der Waals surface area contributed by atoms with Gasteiger partial charge < -0.3 is 14.7 Å². The molecule has 1 aromatic heterocycles. The Bertz CT molecular complexity index is 861. The van der Waals surface area contributed by atoms with E-state index in [0.29, 0.717) is 0 Å². The number of amides is 1. The predicted octanol–water partition coefficient (Wildman–Crippen LogP) is 2.42. The van der Waals surface area contributed by atoms with Gasteiger partial charge in [0.1, 0.15) is 5.82 Å². The minimum absolute atomic E-state index is 0.133. The van der Waals surface area contributed by atoms with E-state index < -0.39 is 0 Å². The Morgan fingerprint density at radius 1 is 0.833 bits per heavy atom. The molecule has 1 aliphatic carbocycles. The highest BCUT2D eigenvalue weighted by Crippen LogP contribution is 2.28. The van der Waals surface area contributed by atoms with Gasteiger partial charge in [0.05, 0.1) is 0 Å². The lowest BCUT2D eigenvalue weighted by molar-refractivity contribution is 0.0664. The van der Waals surface area contributed by atoms with Crippen molar-refractivity contribution in [1.29, 1.82) is 0 Å². The van der Waals surface area contributed by atoms with Crippen LogP contribution in [0.1, 0.15) is 23.2 Å². The Hall–Kier alpha value is -2.44. The summed E-state index contributed by atoms with van der Waals surface area (Å²) in [5.41, 5.74) is 2.96. The van der Waals surface area contributed by atoms with Crippen molar-refractivity contribution >= 4 is 11.7 Å². The molecule has 158 valence electrons. The Balaban J connectivity index is 1.21. The van der Waals surface area contributed by atoms with E-state index in [1.165, 1.54) is 12.8 Å². The van der Waals surface area contributed by atoms with Crippen LogP contribution in [0.4, 0.5) is 5.82 Å². The Kier molecular flexibility index (Phi) is 5.44. The van der Waals surface area contributed by atoms with Gasteiger partial charge in [-0.05, 0) is 49.7 Å². The van der Waals surface area contributed by atoms with Crippen molar-refractivity contribution < 1.29 is 4.79 Å². The monoisotopic (exact) mass is 405 g/mol. The van der Waals surface area contributed by atoms with E-state index in [2.05, 4.69) is 33.9 Å². The van der Waals surface area contributed by atoms with Crippen LogP contribution in [0.5, 0.6) is 0 Å². The zero-order chi connectivity index (χ0) is 20.5. The molecule has 0 unspecified atom stereocenters. The molecular formula is C24H31N5O. The number of aromatic nitrogens is 1. The molecule has 0 radical (unpaired) electrons. The lowest BCUT2D eigenvalue weighted by Gasteiger charge is -2.35. The fourth-order valence-electron chi connectivity index (χ4n) is 4.50. The van der Waals surface area contributed by atoms with Crippen molar-refractivity contribution in [2.45, 2.75) is 18.9 Å². The second kappa shape index (κ2) is 8.36. The van der Waals surface area contributed by atoms with E-state index >= 15 is 0 Å². The number of rotatable bonds is 4. The quantitative estimate of drug-likeness (QED) is 0.782. The number of piperazine rings is 2. The van der Waals surface area contributed by atoms with Gasteiger partial charge in [-0.25, -0.2) is 4.98 Å².